The molecule has 28 heavy (non-hydrogen) atoms. The molecule has 144 valence electrons. The van der Waals surface area contributed by atoms with Crippen LogP contribution >= 0.6 is 11.3 Å². The highest BCUT2D eigenvalue weighted by Gasteiger charge is 2.28. The molecule has 4 rings (SSSR count). The summed E-state index contributed by atoms with van der Waals surface area (Å²) in [6.45, 7) is 2.10. The van der Waals surface area contributed by atoms with Crippen LogP contribution < -0.4 is 0 Å². The minimum Gasteiger partial charge on any atom is -0.339 e. The summed E-state index contributed by atoms with van der Waals surface area (Å²) in [4.78, 5) is 21.6. The molecule has 0 bridgehead atoms. The lowest BCUT2D eigenvalue weighted by molar-refractivity contribution is -0.133. The van der Waals surface area contributed by atoms with Crippen molar-refractivity contribution in [1.82, 2.24) is 14.8 Å². The molecule has 1 fully saturated rings. The average molecular weight is 396 g/mol. The third-order valence-electron chi connectivity index (χ3n) is 5.16. The first-order valence-corrected chi connectivity index (χ1v) is 10.2. The number of likely N-dealkylation sites (N-methyl/N-ethyl adjacent to an activating group) is 1. The van der Waals surface area contributed by atoms with Crippen molar-refractivity contribution >= 4 is 17.2 Å². The molecule has 0 N–H and O–H groups in total. The molecule has 1 unspecified atom stereocenters. The van der Waals surface area contributed by atoms with Gasteiger partial charge in [-0.1, -0.05) is 42.5 Å². The highest BCUT2D eigenvalue weighted by molar-refractivity contribution is 7.13. The molecule has 1 aliphatic heterocycles. The fourth-order valence-corrected chi connectivity index (χ4v) is 4.34. The lowest BCUT2D eigenvalue weighted by Crippen LogP contribution is -2.49. The van der Waals surface area contributed by atoms with E-state index in [4.69, 9.17) is 0 Å². The fourth-order valence-electron chi connectivity index (χ4n) is 3.51. The monoisotopic (exact) mass is 395 g/mol. The topological polar surface area (TPSA) is 36.4 Å². The Morgan fingerprint density at radius 3 is 2.64 bits per heavy atom. The average Bonchev–Trinajstić information content (AvgIpc) is 3.18. The van der Waals surface area contributed by atoms with E-state index in [1.54, 1.807) is 23.5 Å². The first kappa shape index (κ1) is 18.8. The summed E-state index contributed by atoms with van der Waals surface area (Å²) < 4.78 is 13.2. The van der Waals surface area contributed by atoms with Crippen LogP contribution in [0.3, 0.4) is 0 Å². The second-order valence-corrected chi connectivity index (χ2v) is 7.93. The molecule has 1 aliphatic rings. The van der Waals surface area contributed by atoms with Gasteiger partial charge in [-0.05, 0) is 24.7 Å². The van der Waals surface area contributed by atoms with Gasteiger partial charge < -0.3 is 4.90 Å². The number of halogens is 1. The first-order chi connectivity index (χ1) is 13.6. The van der Waals surface area contributed by atoms with Gasteiger partial charge in [0.1, 0.15) is 10.8 Å². The minimum atomic E-state index is -0.243. The lowest BCUT2D eigenvalue weighted by Gasteiger charge is -2.39. The van der Waals surface area contributed by atoms with Gasteiger partial charge >= 0.3 is 0 Å². The van der Waals surface area contributed by atoms with Gasteiger partial charge in [0.25, 0.3) is 0 Å². The van der Waals surface area contributed by atoms with Crippen LogP contribution in [-0.2, 0) is 11.2 Å². The Kier molecular flexibility index (Phi) is 5.50. The molecule has 1 atom stereocenters. The number of piperazine rings is 1. The number of benzene rings is 2. The molecule has 3 aromatic rings. The number of thiazole rings is 1. The van der Waals surface area contributed by atoms with E-state index in [1.807, 2.05) is 47.7 Å². The van der Waals surface area contributed by atoms with E-state index in [-0.39, 0.29) is 17.8 Å². The van der Waals surface area contributed by atoms with E-state index in [1.165, 1.54) is 12.1 Å². The number of aromatic nitrogens is 1. The predicted octanol–water partition coefficient (Wildman–Crippen LogP) is 4.01. The van der Waals surface area contributed by atoms with Crippen molar-refractivity contribution in [3.63, 3.8) is 0 Å². The van der Waals surface area contributed by atoms with Gasteiger partial charge in [0.2, 0.25) is 5.91 Å². The maximum atomic E-state index is 13.2. The normalized spacial score (nSPS) is 17.6. The Labute approximate surface area is 168 Å². The lowest BCUT2D eigenvalue weighted by atomic mass is 10.0. The highest BCUT2D eigenvalue weighted by Crippen LogP contribution is 2.26. The van der Waals surface area contributed by atoms with Crippen molar-refractivity contribution in [3.8, 4) is 10.6 Å². The maximum absolute atomic E-state index is 13.2. The molecule has 0 aliphatic carbocycles. The second-order valence-electron chi connectivity index (χ2n) is 7.07. The number of carbonyl (C=O) groups excluding carboxylic acids is 1. The third-order valence-corrected chi connectivity index (χ3v) is 6.10. The Balaban J connectivity index is 1.43. The number of amides is 1. The number of nitrogens with zero attached hydrogens (tertiary/aromatic N) is 3. The van der Waals surface area contributed by atoms with Gasteiger partial charge in [-0.15, -0.1) is 11.3 Å². The van der Waals surface area contributed by atoms with Crippen LogP contribution in [0.2, 0.25) is 0 Å². The fraction of sp³-hybridized carbons (Fsp3) is 0.273. The van der Waals surface area contributed by atoms with Crippen LogP contribution in [0.1, 0.15) is 17.3 Å². The van der Waals surface area contributed by atoms with Crippen molar-refractivity contribution in [2.45, 2.75) is 12.5 Å². The Bertz CT molecular complexity index is 942. The van der Waals surface area contributed by atoms with Gasteiger partial charge in [0.05, 0.1) is 18.2 Å². The van der Waals surface area contributed by atoms with E-state index in [9.17, 15) is 9.18 Å². The van der Waals surface area contributed by atoms with Crippen LogP contribution in [0.25, 0.3) is 10.6 Å². The Morgan fingerprint density at radius 1 is 1.14 bits per heavy atom. The molecule has 0 spiro atoms. The Hall–Kier alpha value is -2.57. The SMILES string of the molecule is CN1CCN(C(=O)Cc2csc(-c3ccccc3)n2)CC1c1ccc(F)cc1. The summed E-state index contributed by atoms with van der Waals surface area (Å²) in [5, 5.41) is 2.90. The summed E-state index contributed by atoms with van der Waals surface area (Å²) in [6, 6.07) is 16.6. The molecule has 1 aromatic heterocycles. The molecular weight excluding hydrogens is 373 g/mol. The van der Waals surface area contributed by atoms with Crippen molar-refractivity contribution in [2.75, 3.05) is 26.7 Å². The van der Waals surface area contributed by atoms with Crippen molar-refractivity contribution in [2.24, 2.45) is 0 Å². The van der Waals surface area contributed by atoms with Crippen LogP contribution in [-0.4, -0.2) is 47.4 Å². The van der Waals surface area contributed by atoms with E-state index >= 15 is 0 Å². The van der Waals surface area contributed by atoms with Gasteiger partial charge in [-0.2, -0.15) is 0 Å². The molecule has 1 amide bonds. The van der Waals surface area contributed by atoms with Crippen molar-refractivity contribution in [3.05, 3.63) is 77.1 Å². The van der Waals surface area contributed by atoms with E-state index in [0.717, 1.165) is 28.4 Å². The maximum Gasteiger partial charge on any atom is 0.228 e. The Morgan fingerprint density at radius 2 is 1.89 bits per heavy atom. The zero-order valence-corrected chi connectivity index (χ0v) is 16.5. The van der Waals surface area contributed by atoms with Crippen molar-refractivity contribution < 1.29 is 9.18 Å². The number of rotatable bonds is 4. The zero-order valence-electron chi connectivity index (χ0n) is 15.7. The highest BCUT2D eigenvalue weighted by atomic mass is 32.1. The smallest absolute Gasteiger partial charge is 0.228 e. The quantitative estimate of drug-likeness (QED) is 0.670. The van der Waals surface area contributed by atoms with Crippen LogP contribution in [0, 0.1) is 5.82 Å². The largest absolute Gasteiger partial charge is 0.339 e. The molecule has 0 radical (unpaired) electrons. The molecular formula is C22H22FN3OS. The van der Waals surface area contributed by atoms with Gasteiger partial charge in [-0.3, -0.25) is 9.69 Å². The van der Waals surface area contributed by atoms with Gasteiger partial charge in [0.15, 0.2) is 0 Å². The van der Waals surface area contributed by atoms with Crippen molar-refractivity contribution in [1.29, 1.82) is 0 Å². The zero-order chi connectivity index (χ0) is 19.5. The van der Waals surface area contributed by atoms with Gasteiger partial charge in [0, 0.05) is 30.6 Å². The molecule has 2 heterocycles. The second kappa shape index (κ2) is 8.20. The number of hydrogen-bond donors (Lipinski definition) is 0. The predicted molar refractivity (Wildman–Crippen MR) is 110 cm³/mol. The van der Waals surface area contributed by atoms with Crippen LogP contribution in [0.4, 0.5) is 4.39 Å². The first-order valence-electron chi connectivity index (χ1n) is 9.33. The summed E-state index contributed by atoms with van der Waals surface area (Å²) >= 11 is 1.56. The number of carbonyl (C=O) groups is 1. The summed E-state index contributed by atoms with van der Waals surface area (Å²) in [5.41, 5.74) is 2.91. The van der Waals surface area contributed by atoms with E-state index in [2.05, 4.69) is 9.88 Å². The summed E-state index contributed by atoms with van der Waals surface area (Å²) in [6.07, 6.45) is 0.309. The number of hydrogen-bond acceptors (Lipinski definition) is 4. The minimum absolute atomic E-state index is 0.0774. The van der Waals surface area contributed by atoms with E-state index < -0.39 is 0 Å². The van der Waals surface area contributed by atoms with Crippen LogP contribution in [0.5, 0.6) is 0 Å². The summed E-state index contributed by atoms with van der Waals surface area (Å²) in [5.74, 6) is -0.155. The van der Waals surface area contributed by atoms with Crippen LogP contribution in [0.15, 0.2) is 60.0 Å². The van der Waals surface area contributed by atoms with E-state index in [0.29, 0.717) is 19.5 Å². The summed E-state index contributed by atoms with van der Waals surface area (Å²) in [7, 11) is 2.04. The standard InChI is InChI=1S/C22H22FN3OS/c1-25-11-12-26(14-20(25)16-7-9-18(23)10-8-16)21(27)13-19-15-28-22(24-19)17-5-3-2-4-6-17/h2-10,15,20H,11-14H2,1H3. The molecule has 6 heteroatoms. The molecule has 0 saturated carbocycles. The molecule has 2 aromatic carbocycles. The van der Waals surface area contributed by atoms with Gasteiger partial charge in [-0.25, -0.2) is 9.37 Å². The third kappa shape index (κ3) is 4.13. The molecule has 1 saturated heterocycles. The molecule has 4 nitrogen and oxygen atoms in total.